The number of hydrogen-bond acceptors (Lipinski definition) is 4. The SMILES string of the molecule is C=C(O)CCCSSCCCC(=O)O. The zero-order valence-electron chi connectivity index (χ0n) is 8.07. The number of carboxylic acids is 1. The quantitative estimate of drug-likeness (QED) is 0.366. The highest BCUT2D eigenvalue weighted by Crippen LogP contribution is 2.23. The van der Waals surface area contributed by atoms with Crippen molar-refractivity contribution in [3.05, 3.63) is 12.3 Å². The molecule has 0 atom stereocenters. The van der Waals surface area contributed by atoms with E-state index in [2.05, 4.69) is 6.58 Å². The summed E-state index contributed by atoms with van der Waals surface area (Å²) in [5, 5.41) is 17.1. The van der Waals surface area contributed by atoms with E-state index in [1.807, 2.05) is 0 Å². The summed E-state index contributed by atoms with van der Waals surface area (Å²) in [6.07, 6.45) is 2.55. The summed E-state index contributed by atoms with van der Waals surface area (Å²) in [6.45, 7) is 3.40. The summed E-state index contributed by atoms with van der Waals surface area (Å²) in [5.41, 5.74) is 0. The van der Waals surface area contributed by atoms with E-state index in [1.54, 1.807) is 21.6 Å². The standard InChI is InChI=1S/C9H16O3S2/c1-8(10)4-2-6-13-14-7-3-5-9(11)12/h10H,1-7H2,(H,11,12). The maximum Gasteiger partial charge on any atom is 0.303 e. The number of rotatable bonds is 9. The third-order valence-corrected chi connectivity index (χ3v) is 3.97. The minimum absolute atomic E-state index is 0.237. The van der Waals surface area contributed by atoms with Crippen molar-refractivity contribution in [2.24, 2.45) is 0 Å². The summed E-state index contributed by atoms with van der Waals surface area (Å²) in [4.78, 5) is 10.2. The van der Waals surface area contributed by atoms with Gasteiger partial charge in [-0.2, -0.15) is 0 Å². The predicted octanol–water partition coefficient (Wildman–Crippen LogP) is 3.08. The fraction of sp³-hybridized carbons (Fsp3) is 0.667. The van der Waals surface area contributed by atoms with Crippen molar-refractivity contribution in [1.29, 1.82) is 0 Å². The second-order valence-electron chi connectivity index (χ2n) is 2.81. The van der Waals surface area contributed by atoms with E-state index in [-0.39, 0.29) is 12.2 Å². The molecule has 82 valence electrons. The van der Waals surface area contributed by atoms with Gasteiger partial charge in [-0.05, 0) is 12.8 Å². The zero-order valence-corrected chi connectivity index (χ0v) is 9.70. The molecule has 0 saturated heterocycles. The highest BCUT2D eigenvalue weighted by Gasteiger charge is 1.97. The Kier molecular flexibility index (Phi) is 9.08. The smallest absolute Gasteiger partial charge is 0.303 e. The maximum atomic E-state index is 10.2. The predicted molar refractivity (Wildman–Crippen MR) is 62.8 cm³/mol. The highest BCUT2D eigenvalue weighted by molar-refractivity contribution is 8.76. The first-order valence-corrected chi connectivity index (χ1v) is 6.94. The lowest BCUT2D eigenvalue weighted by Crippen LogP contribution is -1.94. The molecule has 0 aliphatic heterocycles. The topological polar surface area (TPSA) is 57.5 Å². The zero-order chi connectivity index (χ0) is 10.8. The van der Waals surface area contributed by atoms with Crippen LogP contribution in [0.4, 0.5) is 0 Å². The summed E-state index contributed by atoms with van der Waals surface area (Å²) in [5.74, 6) is 1.35. The number of aliphatic hydroxyl groups is 1. The van der Waals surface area contributed by atoms with Crippen LogP contribution in [0, 0.1) is 0 Å². The van der Waals surface area contributed by atoms with E-state index >= 15 is 0 Å². The van der Waals surface area contributed by atoms with Crippen LogP contribution in [0.3, 0.4) is 0 Å². The molecule has 0 amide bonds. The van der Waals surface area contributed by atoms with Crippen LogP contribution in [0.2, 0.25) is 0 Å². The average Bonchev–Trinajstić information content (AvgIpc) is 2.08. The number of carboxylic acid groups (broad SMARTS) is 1. The van der Waals surface area contributed by atoms with Crippen LogP contribution in [-0.2, 0) is 4.79 Å². The van der Waals surface area contributed by atoms with Crippen LogP contribution in [-0.4, -0.2) is 27.7 Å². The second kappa shape index (κ2) is 9.27. The maximum absolute atomic E-state index is 10.2. The molecule has 0 heterocycles. The van der Waals surface area contributed by atoms with Crippen LogP contribution >= 0.6 is 21.6 Å². The Morgan fingerprint density at radius 3 is 2.00 bits per heavy atom. The largest absolute Gasteiger partial charge is 0.513 e. The van der Waals surface area contributed by atoms with Crippen molar-refractivity contribution in [2.45, 2.75) is 25.7 Å². The van der Waals surface area contributed by atoms with Gasteiger partial charge in [-0.1, -0.05) is 28.2 Å². The minimum Gasteiger partial charge on any atom is -0.513 e. The van der Waals surface area contributed by atoms with Gasteiger partial charge in [0.15, 0.2) is 0 Å². The van der Waals surface area contributed by atoms with Crippen molar-refractivity contribution in [1.82, 2.24) is 0 Å². The minimum atomic E-state index is -0.729. The Morgan fingerprint density at radius 2 is 1.57 bits per heavy atom. The second-order valence-corrected chi connectivity index (χ2v) is 5.51. The van der Waals surface area contributed by atoms with Crippen molar-refractivity contribution in [2.75, 3.05) is 11.5 Å². The first-order valence-electron chi connectivity index (χ1n) is 4.46. The Hall–Kier alpha value is -0.290. The molecule has 0 unspecified atom stereocenters. The van der Waals surface area contributed by atoms with E-state index in [0.29, 0.717) is 6.42 Å². The normalized spacial score (nSPS) is 10.0. The summed E-state index contributed by atoms with van der Waals surface area (Å²) >= 11 is 0. The van der Waals surface area contributed by atoms with Crippen LogP contribution in [0.5, 0.6) is 0 Å². The van der Waals surface area contributed by atoms with Gasteiger partial charge in [0.2, 0.25) is 0 Å². The van der Waals surface area contributed by atoms with Gasteiger partial charge >= 0.3 is 5.97 Å². The van der Waals surface area contributed by atoms with Crippen molar-refractivity contribution < 1.29 is 15.0 Å². The lowest BCUT2D eigenvalue weighted by molar-refractivity contribution is -0.137. The highest BCUT2D eigenvalue weighted by atomic mass is 33.1. The molecule has 5 heteroatoms. The number of allylic oxidation sites excluding steroid dienone is 1. The average molecular weight is 236 g/mol. The summed E-state index contributed by atoms with van der Waals surface area (Å²) in [7, 11) is 3.41. The Bertz CT molecular complexity index is 163. The molecule has 0 bridgehead atoms. The lowest BCUT2D eigenvalue weighted by atomic mass is 10.3. The van der Waals surface area contributed by atoms with Gasteiger partial charge in [0, 0.05) is 24.3 Å². The van der Waals surface area contributed by atoms with E-state index in [9.17, 15) is 4.79 Å². The van der Waals surface area contributed by atoms with Crippen LogP contribution < -0.4 is 0 Å². The molecule has 14 heavy (non-hydrogen) atoms. The molecule has 3 nitrogen and oxygen atoms in total. The Labute approximate surface area is 92.4 Å². The van der Waals surface area contributed by atoms with Crippen LogP contribution in [0.25, 0.3) is 0 Å². The number of aliphatic carboxylic acids is 1. The Morgan fingerprint density at radius 1 is 1.07 bits per heavy atom. The molecule has 0 aliphatic carbocycles. The van der Waals surface area contributed by atoms with E-state index in [0.717, 1.165) is 24.3 Å². The molecule has 0 aromatic rings. The van der Waals surface area contributed by atoms with E-state index in [1.165, 1.54) is 0 Å². The fourth-order valence-electron chi connectivity index (χ4n) is 0.735. The molecule has 0 saturated carbocycles. The third kappa shape index (κ3) is 11.7. The van der Waals surface area contributed by atoms with Crippen molar-refractivity contribution in [3.63, 3.8) is 0 Å². The molecule has 0 radical (unpaired) electrons. The number of hydrogen-bond donors (Lipinski definition) is 2. The van der Waals surface area contributed by atoms with Crippen molar-refractivity contribution >= 4 is 27.6 Å². The molecule has 0 aliphatic rings. The molecule has 0 fully saturated rings. The van der Waals surface area contributed by atoms with Gasteiger partial charge < -0.3 is 10.2 Å². The van der Waals surface area contributed by atoms with Crippen LogP contribution in [0.15, 0.2) is 12.3 Å². The molecule has 0 spiro atoms. The van der Waals surface area contributed by atoms with Gasteiger partial charge in [0.05, 0.1) is 5.76 Å². The van der Waals surface area contributed by atoms with Gasteiger partial charge in [0.1, 0.15) is 0 Å². The molecular formula is C9H16O3S2. The molecular weight excluding hydrogens is 220 g/mol. The van der Waals surface area contributed by atoms with Gasteiger partial charge in [-0.15, -0.1) is 0 Å². The van der Waals surface area contributed by atoms with Crippen molar-refractivity contribution in [3.8, 4) is 0 Å². The summed E-state index contributed by atoms with van der Waals surface area (Å²) in [6, 6.07) is 0. The molecule has 0 aromatic carbocycles. The summed E-state index contributed by atoms with van der Waals surface area (Å²) < 4.78 is 0. The number of carbonyl (C=O) groups is 1. The third-order valence-electron chi connectivity index (χ3n) is 1.39. The fourth-order valence-corrected chi connectivity index (χ4v) is 2.91. The first-order chi connectivity index (χ1) is 6.63. The number of aliphatic hydroxyl groups excluding tert-OH is 1. The molecule has 0 aromatic heterocycles. The Balaban J connectivity index is 2.99. The van der Waals surface area contributed by atoms with Crippen LogP contribution in [0.1, 0.15) is 25.7 Å². The first kappa shape index (κ1) is 13.7. The van der Waals surface area contributed by atoms with Gasteiger partial charge in [0.25, 0.3) is 0 Å². The molecule has 0 rings (SSSR count). The van der Waals surface area contributed by atoms with E-state index in [4.69, 9.17) is 10.2 Å². The van der Waals surface area contributed by atoms with Gasteiger partial charge in [-0.25, -0.2) is 0 Å². The van der Waals surface area contributed by atoms with E-state index < -0.39 is 5.97 Å². The monoisotopic (exact) mass is 236 g/mol. The molecule has 2 N–H and O–H groups in total. The van der Waals surface area contributed by atoms with Gasteiger partial charge in [-0.3, -0.25) is 4.79 Å². The lowest BCUT2D eigenvalue weighted by Gasteiger charge is -1.99.